The molecule has 2 rings (SSSR count). The van der Waals surface area contributed by atoms with E-state index < -0.39 is 22.0 Å². The van der Waals surface area contributed by atoms with Crippen molar-refractivity contribution < 1.29 is 18.3 Å². The highest BCUT2D eigenvalue weighted by Crippen LogP contribution is 2.26. The van der Waals surface area contributed by atoms with Crippen LogP contribution in [0.3, 0.4) is 0 Å². The van der Waals surface area contributed by atoms with Gasteiger partial charge in [-0.1, -0.05) is 29.8 Å². The fourth-order valence-electron chi connectivity index (χ4n) is 2.39. The van der Waals surface area contributed by atoms with Gasteiger partial charge in [0.05, 0.1) is 27.3 Å². The van der Waals surface area contributed by atoms with Gasteiger partial charge in [-0.15, -0.1) is 0 Å². The van der Waals surface area contributed by atoms with Crippen molar-refractivity contribution in [2.45, 2.75) is 24.8 Å². The van der Waals surface area contributed by atoms with Gasteiger partial charge in [-0.25, -0.2) is 8.42 Å². The maximum Gasteiger partial charge on any atom is 0.264 e. The fraction of sp³-hybridized carbons (Fsp3) is 0.278. The molecule has 8 heteroatoms. The van der Waals surface area contributed by atoms with E-state index in [1.54, 1.807) is 37.3 Å². The Morgan fingerprint density at radius 3 is 2.46 bits per heavy atom. The average molecular weight is 397 g/mol. The van der Waals surface area contributed by atoms with E-state index in [1.165, 1.54) is 29.4 Å². The Labute approximate surface area is 158 Å². The van der Waals surface area contributed by atoms with E-state index in [0.717, 1.165) is 0 Å². The summed E-state index contributed by atoms with van der Waals surface area (Å²) in [7, 11) is -3.86. The van der Waals surface area contributed by atoms with Gasteiger partial charge in [-0.05, 0) is 44.2 Å². The molecule has 1 amide bonds. The lowest BCUT2D eigenvalue weighted by Crippen LogP contribution is -2.32. The van der Waals surface area contributed by atoms with Crippen molar-refractivity contribution in [1.29, 1.82) is 0 Å². The van der Waals surface area contributed by atoms with Crippen LogP contribution in [0.4, 0.5) is 5.69 Å². The highest BCUT2D eigenvalue weighted by molar-refractivity contribution is 7.92. The van der Waals surface area contributed by atoms with Crippen LogP contribution in [0, 0.1) is 0 Å². The van der Waals surface area contributed by atoms with Gasteiger partial charge in [0.2, 0.25) is 0 Å². The molecule has 6 nitrogen and oxygen atoms in total. The molecule has 0 spiro atoms. The van der Waals surface area contributed by atoms with Gasteiger partial charge in [-0.2, -0.15) is 0 Å². The van der Waals surface area contributed by atoms with Crippen molar-refractivity contribution >= 4 is 33.2 Å². The van der Waals surface area contributed by atoms with Crippen molar-refractivity contribution in [1.82, 2.24) is 5.32 Å². The first-order valence-corrected chi connectivity index (χ1v) is 9.92. The molecule has 0 aliphatic carbocycles. The lowest BCUT2D eigenvalue weighted by atomic mass is 10.2. The highest BCUT2D eigenvalue weighted by atomic mass is 35.5. The van der Waals surface area contributed by atoms with E-state index in [2.05, 4.69) is 5.32 Å². The number of aliphatic hydroxyl groups excluding tert-OH is 1. The van der Waals surface area contributed by atoms with Crippen molar-refractivity contribution in [2.24, 2.45) is 0 Å². The fourth-order valence-corrected chi connectivity index (χ4v) is 4.09. The van der Waals surface area contributed by atoms with Crippen LogP contribution in [-0.4, -0.2) is 38.6 Å². The number of carbonyl (C=O) groups excluding carboxylic acids is 1. The van der Waals surface area contributed by atoms with Gasteiger partial charge in [0, 0.05) is 13.1 Å². The number of carbonyl (C=O) groups is 1. The number of hydrogen-bond acceptors (Lipinski definition) is 4. The smallest absolute Gasteiger partial charge is 0.264 e. The number of anilines is 1. The van der Waals surface area contributed by atoms with Gasteiger partial charge in [0.1, 0.15) is 0 Å². The van der Waals surface area contributed by atoms with Crippen molar-refractivity contribution in [3.8, 4) is 0 Å². The van der Waals surface area contributed by atoms with Crippen LogP contribution in [-0.2, 0) is 10.0 Å². The van der Waals surface area contributed by atoms with Crippen LogP contribution in [0.25, 0.3) is 0 Å². The lowest BCUT2D eigenvalue weighted by Gasteiger charge is -2.23. The number of benzene rings is 2. The standard InChI is InChI=1S/C18H21ClN2O4S/c1-3-21(14-7-5-4-6-8-14)26(24,25)15-9-10-17(19)16(11-15)18(23)20-12-13(2)22/h4-11,13,22H,3,12H2,1-2H3,(H,20,23). The van der Waals surface area contributed by atoms with Crippen molar-refractivity contribution in [3.63, 3.8) is 0 Å². The van der Waals surface area contributed by atoms with Gasteiger partial charge in [-0.3, -0.25) is 9.10 Å². The summed E-state index contributed by atoms with van der Waals surface area (Å²) in [6.07, 6.45) is -0.724. The van der Waals surface area contributed by atoms with Crippen molar-refractivity contribution in [3.05, 3.63) is 59.1 Å². The number of halogens is 1. The van der Waals surface area contributed by atoms with Gasteiger partial charge < -0.3 is 10.4 Å². The van der Waals surface area contributed by atoms with E-state index in [9.17, 15) is 18.3 Å². The molecule has 0 bridgehead atoms. The van der Waals surface area contributed by atoms with Crippen LogP contribution in [0.2, 0.25) is 5.02 Å². The third-order valence-corrected chi connectivity index (χ3v) is 5.89. The predicted octanol–water partition coefficient (Wildman–Crippen LogP) is 2.67. The number of rotatable bonds is 7. The Hall–Kier alpha value is -2.09. The molecule has 0 heterocycles. The number of hydrogen-bond donors (Lipinski definition) is 2. The SMILES string of the molecule is CCN(c1ccccc1)S(=O)(=O)c1ccc(Cl)c(C(=O)NCC(C)O)c1. The Morgan fingerprint density at radius 1 is 1.23 bits per heavy atom. The minimum Gasteiger partial charge on any atom is -0.392 e. The zero-order valence-electron chi connectivity index (χ0n) is 14.5. The third-order valence-electron chi connectivity index (χ3n) is 3.66. The minimum atomic E-state index is -3.86. The summed E-state index contributed by atoms with van der Waals surface area (Å²) in [5.41, 5.74) is 0.572. The Kier molecular flexibility index (Phi) is 6.63. The molecule has 26 heavy (non-hydrogen) atoms. The maximum absolute atomic E-state index is 13.0. The van der Waals surface area contributed by atoms with Crippen LogP contribution in [0.15, 0.2) is 53.4 Å². The Morgan fingerprint density at radius 2 is 1.88 bits per heavy atom. The molecule has 1 unspecified atom stereocenters. The molecule has 2 aromatic carbocycles. The van der Waals surface area contributed by atoms with E-state index in [-0.39, 0.29) is 28.6 Å². The number of amides is 1. The average Bonchev–Trinajstić information content (AvgIpc) is 2.61. The normalized spacial score (nSPS) is 12.5. The molecule has 0 saturated carbocycles. The van der Waals surface area contributed by atoms with Crippen molar-refractivity contribution in [2.75, 3.05) is 17.4 Å². The second-order valence-electron chi connectivity index (χ2n) is 5.71. The molecule has 0 aliphatic rings. The van der Waals surface area contributed by atoms with Gasteiger partial charge in [0.15, 0.2) is 0 Å². The number of sulfonamides is 1. The first-order valence-electron chi connectivity index (χ1n) is 8.11. The molecule has 1 atom stereocenters. The summed E-state index contributed by atoms with van der Waals surface area (Å²) < 4.78 is 27.3. The van der Waals surface area contributed by atoms with Gasteiger partial charge >= 0.3 is 0 Å². The van der Waals surface area contributed by atoms with Crippen LogP contribution < -0.4 is 9.62 Å². The molecule has 0 aliphatic heterocycles. The highest BCUT2D eigenvalue weighted by Gasteiger charge is 2.25. The number of aliphatic hydroxyl groups is 1. The topological polar surface area (TPSA) is 86.7 Å². The predicted molar refractivity (Wildman–Crippen MR) is 102 cm³/mol. The van der Waals surface area contributed by atoms with Crippen LogP contribution >= 0.6 is 11.6 Å². The zero-order valence-corrected chi connectivity index (χ0v) is 16.1. The molecule has 0 saturated heterocycles. The Bertz CT molecular complexity index is 870. The van der Waals surface area contributed by atoms with E-state index in [1.807, 2.05) is 0 Å². The molecule has 2 aromatic rings. The summed E-state index contributed by atoms with van der Waals surface area (Å²) in [5, 5.41) is 11.9. The largest absolute Gasteiger partial charge is 0.392 e. The molecule has 0 fully saturated rings. The summed E-state index contributed by atoms with van der Waals surface area (Å²) in [5.74, 6) is -0.546. The lowest BCUT2D eigenvalue weighted by molar-refractivity contribution is 0.0924. The first kappa shape index (κ1) is 20.2. The van der Waals surface area contributed by atoms with E-state index in [4.69, 9.17) is 11.6 Å². The number of nitrogens with one attached hydrogen (secondary N) is 1. The molecule has 0 radical (unpaired) electrons. The zero-order chi connectivity index (χ0) is 19.3. The third kappa shape index (κ3) is 4.55. The summed E-state index contributed by atoms with van der Waals surface area (Å²) in [6, 6.07) is 12.7. The molecule has 0 aromatic heterocycles. The summed E-state index contributed by atoms with van der Waals surface area (Å²) >= 11 is 6.06. The number of para-hydroxylation sites is 1. The summed E-state index contributed by atoms with van der Waals surface area (Å²) in [4.78, 5) is 12.2. The maximum atomic E-state index is 13.0. The monoisotopic (exact) mass is 396 g/mol. The van der Waals surface area contributed by atoms with Crippen LogP contribution in [0.5, 0.6) is 0 Å². The van der Waals surface area contributed by atoms with E-state index in [0.29, 0.717) is 5.69 Å². The second kappa shape index (κ2) is 8.53. The quantitative estimate of drug-likeness (QED) is 0.753. The Balaban J connectivity index is 2.41. The number of nitrogens with zero attached hydrogens (tertiary/aromatic N) is 1. The van der Waals surface area contributed by atoms with E-state index >= 15 is 0 Å². The first-order chi connectivity index (χ1) is 12.3. The second-order valence-corrected chi connectivity index (χ2v) is 7.98. The summed E-state index contributed by atoms with van der Waals surface area (Å²) in [6.45, 7) is 3.54. The molecule has 2 N–H and O–H groups in total. The molecular formula is C18H21ClN2O4S. The van der Waals surface area contributed by atoms with Gasteiger partial charge in [0.25, 0.3) is 15.9 Å². The molecular weight excluding hydrogens is 376 g/mol. The minimum absolute atomic E-state index is 0.0326. The molecule has 140 valence electrons. The van der Waals surface area contributed by atoms with Crippen LogP contribution in [0.1, 0.15) is 24.2 Å².